The molecular formula is C26H32N4O2. The molecule has 2 aromatic rings. The number of piperidine rings is 3. The monoisotopic (exact) mass is 432 g/mol. The molecule has 168 valence electrons. The van der Waals surface area contributed by atoms with Gasteiger partial charge in [0.1, 0.15) is 5.75 Å². The maximum Gasteiger partial charge on any atom is 0.258 e. The van der Waals surface area contributed by atoms with Gasteiger partial charge in [-0.1, -0.05) is 30.2 Å². The number of carbonyl (C=O) groups is 1. The van der Waals surface area contributed by atoms with Crippen LogP contribution in [0.4, 0.5) is 0 Å². The lowest BCUT2D eigenvalue weighted by molar-refractivity contribution is 0.00150. The zero-order chi connectivity index (χ0) is 21.7. The average Bonchev–Trinajstić information content (AvgIpc) is 3.33. The lowest BCUT2D eigenvalue weighted by Crippen LogP contribution is -2.60. The molecule has 2 bridgehead atoms. The Hall–Kier alpha value is -2.60. The normalized spacial score (nSPS) is 29.7. The smallest absolute Gasteiger partial charge is 0.258 e. The number of aromatic amines is 1. The predicted molar refractivity (Wildman–Crippen MR) is 124 cm³/mol. The molecule has 4 atom stereocenters. The fraction of sp³-hybridized carbons (Fsp3) is 0.538. The Bertz CT molecular complexity index is 1040. The first kappa shape index (κ1) is 20.0. The van der Waals surface area contributed by atoms with Gasteiger partial charge in [0.05, 0.1) is 30.6 Å². The Morgan fingerprint density at radius 1 is 1.19 bits per heavy atom. The third-order valence-corrected chi connectivity index (χ3v) is 8.16. The number of nitrogens with zero attached hydrogens (tertiary/aromatic N) is 3. The van der Waals surface area contributed by atoms with E-state index < -0.39 is 0 Å². The van der Waals surface area contributed by atoms with E-state index in [1.54, 1.807) is 13.3 Å². The Morgan fingerprint density at radius 2 is 2.09 bits per heavy atom. The molecule has 32 heavy (non-hydrogen) atoms. The van der Waals surface area contributed by atoms with Gasteiger partial charge in [0.25, 0.3) is 5.91 Å². The summed E-state index contributed by atoms with van der Waals surface area (Å²) < 4.78 is 5.55. The Morgan fingerprint density at radius 3 is 3.00 bits per heavy atom. The van der Waals surface area contributed by atoms with Crippen LogP contribution in [0.15, 0.2) is 42.1 Å². The third-order valence-electron chi connectivity index (χ3n) is 8.16. The van der Waals surface area contributed by atoms with Gasteiger partial charge in [0, 0.05) is 24.7 Å². The number of nitrogens with one attached hydrogen (secondary N) is 1. The first-order valence-corrected chi connectivity index (χ1v) is 12.2. The van der Waals surface area contributed by atoms with Crippen LogP contribution in [0.25, 0.3) is 11.3 Å². The van der Waals surface area contributed by atoms with E-state index in [0.29, 0.717) is 17.4 Å². The number of benzene rings is 1. The van der Waals surface area contributed by atoms with Crippen LogP contribution >= 0.6 is 0 Å². The zero-order valence-electron chi connectivity index (χ0n) is 18.8. The second-order valence-electron chi connectivity index (χ2n) is 9.87. The summed E-state index contributed by atoms with van der Waals surface area (Å²) in [6.45, 7) is 3.18. The fourth-order valence-corrected chi connectivity index (χ4v) is 6.86. The molecule has 1 amide bonds. The number of H-pyrrole nitrogens is 1. The molecule has 4 heterocycles. The molecule has 0 unspecified atom stereocenters. The summed E-state index contributed by atoms with van der Waals surface area (Å²) in [5, 5.41) is 7.33. The van der Waals surface area contributed by atoms with Crippen molar-refractivity contribution in [2.75, 3.05) is 26.7 Å². The van der Waals surface area contributed by atoms with Gasteiger partial charge in [-0.15, -0.1) is 0 Å². The molecular weight excluding hydrogens is 400 g/mol. The maximum atomic E-state index is 13.9. The zero-order valence-corrected chi connectivity index (χ0v) is 18.8. The fourth-order valence-electron chi connectivity index (χ4n) is 6.86. The maximum absolute atomic E-state index is 13.9. The molecule has 3 fully saturated rings. The molecule has 3 aliphatic heterocycles. The Kier molecular flexibility index (Phi) is 5.05. The molecule has 1 aliphatic carbocycles. The molecule has 6 heteroatoms. The van der Waals surface area contributed by atoms with Gasteiger partial charge in [-0.05, 0) is 62.6 Å². The molecule has 6 rings (SSSR count). The number of ether oxygens (including phenoxy) is 1. The number of fused-ring (bicyclic) bond motifs is 6. The van der Waals surface area contributed by atoms with E-state index in [1.807, 2.05) is 24.3 Å². The van der Waals surface area contributed by atoms with Gasteiger partial charge in [0.15, 0.2) is 0 Å². The molecule has 3 saturated heterocycles. The van der Waals surface area contributed by atoms with Crippen LogP contribution in [0, 0.1) is 11.8 Å². The summed E-state index contributed by atoms with van der Waals surface area (Å²) in [4.78, 5) is 18.8. The minimum absolute atomic E-state index is 0.0921. The number of aromatic nitrogens is 2. The highest BCUT2D eigenvalue weighted by Gasteiger charge is 2.47. The summed E-state index contributed by atoms with van der Waals surface area (Å²) in [5.41, 5.74) is 3.78. The van der Waals surface area contributed by atoms with Crippen LogP contribution in [0.5, 0.6) is 5.75 Å². The number of para-hydroxylation sites is 1. The van der Waals surface area contributed by atoms with Crippen molar-refractivity contribution in [2.24, 2.45) is 11.8 Å². The topological polar surface area (TPSA) is 61.5 Å². The third kappa shape index (κ3) is 3.19. The summed E-state index contributed by atoms with van der Waals surface area (Å²) in [6, 6.07) is 8.77. The van der Waals surface area contributed by atoms with E-state index in [2.05, 4.69) is 26.1 Å². The average molecular weight is 433 g/mol. The van der Waals surface area contributed by atoms with Gasteiger partial charge < -0.3 is 9.64 Å². The van der Waals surface area contributed by atoms with Crippen molar-refractivity contribution in [3.63, 3.8) is 0 Å². The van der Waals surface area contributed by atoms with Gasteiger partial charge in [0.2, 0.25) is 0 Å². The van der Waals surface area contributed by atoms with Crippen molar-refractivity contribution in [3.8, 4) is 17.0 Å². The second kappa shape index (κ2) is 8.07. The van der Waals surface area contributed by atoms with Gasteiger partial charge in [-0.25, -0.2) is 0 Å². The molecule has 0 radical (unpaired) electrons. The Labute approximate surface area is 189 Å². The van der Waals surface area contributed by atoms with E-state index in [0.717, 1.165) is 49.0 Å². The number of hydrogen-bond donors (Lipinski definition) is 1. The lowest BCUT2D eigenvalue weighted by Gasteiger charge is -2.54. The van der Waals surface area contributed by atoms with E-state index in [-0.39, 0.29) is 11.9 Å². The van der Waals surface area contributed by atoms with E-state index in [4.69, 9.17) is 4.74 Å². The van der Waals surface area contributed by atoms with E-state index in [1.165, 1.54) is 37.8 Å². The SMILES string of the molecule is COc1ccccc1-c1[nH]ncc1C(=O)N1CCCC2=C[C@H]3C[C@@H](CN4CCCC[C@@H]34)[C@H]21. The molecule has 0 spiro atoms. The first-order valence-electron chi connectivity index (χ1n) is 12.2. The summed E-state index contributed by atoms with van der Waals surface area (Å²) in [7, 11) is 1.66. The van der Waals surface area contributed by atoms with Crippen molar-refractivity contribution in [1.29, 1.82) is 0 Å². The largest absolute Gasteiger partial charge is 0.496 e. The van der Waals surface area contributed by atoms with Crippen LogP contribution in [0.3, 0.4) is 0 Å². The number of likely N-dealkylation sites (tertiary alicyclic amines) is 1. The molecule has 6 nitrogen and oxygen atoms in total. The molecule has 1 N–H and O–H groups in total. The second-order valence-corrected chi connectivity index (χ2v) is 9.87. The summed E-state index contributed by atoms with van der Waals surface area (Å²) in [5.74, 6) is 2.05. The summed E-state index contributed by atoms with van der Waals surface area (Å²) in [6.07, 6.45) is 11.7. The quantitative estimate of drug-likeness (QED) is 0.741. The predicted octanol–water partition coefficient (Wildman–Crippen LogP) is 4.12. The number of amides is 1. The van der Waals surface area contributed by atoms with Crippen LogP contribution in [-0.2, 0) is 0 Å². The van der Waals surface area contributed by atoms with Crippen LogP contribution in [0.1, 0.15) is 48.9 Å². The highest BCUT2D eigenvalue weighted by molar-refractivity contribution is 6.00. The Balaban J connectivity index is 1.34. The van der Waals surface area contributed by atoms with Crippen LogP contribution in [0.2, 0.25) is 0 Å². The van der Waals surface area contributed by atoms with Crippen molar-refractivity contribution in [1.82, 2.24) is 20.0 Å². The van der Waals surface area contributed by atoms with E-state index in [9.17, 15) is 4.79 Å². The highest BCUT2D eigenvalue weighted by Crippen LogP contribution is 2.45. The molecule has 1 aromatic heterocycles. The standard InChI is InChI=1S/C26H32N4O2/c1-32-23-10-3-2-8-20(23)24-21(15-27-28-24)26(31)30-12-6-7-17-13-18-14-19(25(17)30)16-29-11-5-4-9-22(18)29/h2-3,8,10,13,15,18-19,22,25H,4-7,9,11-12,14,16H2,1H3,(H,27,28)/t18-,19-,22-,25-/m0/s1. The van der Waals surface area contributed by atoms with Crippen molar-refractivity contribution in [3.05, 3.63) is 47.7 Å². The van der Waals surface area contributed by atoms with Crippen molar-refractivity contribution >= 4 is 5.91 Å². The molecule has 0 saturated carbocycles. The number of carbonyl (C=O) groups excluding carboxylic acids is 1. The van der Waals surface area contributed by atoms with Crippen molar-refractivity contribution in [2.45, 2.75) is 50.6 Å². The molecule has 4 aliphatic rings. The number of hydrogen-bond acceptors (Lipinski definition) is 4. The van der Waals surface area contributed by atoms with E-state index >= 15 is 0 Å². The van der Waals surface area contributed by atoms with Crippen LogP contribution in [-0.4, -0.2) is 64.7 Å². The summed E-state index contributed by atoms with van der Waals surface area (Å²) >= 11 is 0. The van der Waals surface area contributed by atoms with Crippen molar-refractivity contribution < 1.29 is 9.53 Å². The number of rotatable bonds is 3. The highest BCUT2D eigenvalue weighted by atomic mass is 16.5. The minimum Gasteiger partial charge on any atom is -0.496 e. The van der Waals surface area contributed by atoms with Gasteiger partial charge in [-0.2, -0.15) is 5.10 Å². The molecule has 1 aromatic carbocycles. The van der Waals surface area contributed by atoms with Gasteiger partial charge >= 0.3 is 0 Å². The number of methoxy groups -OCH3 is 1. The minimum atomic E-state index is 0.0921. The first-order chi connectivity index (χ1) is 15.7. The van der Waals surface area contributed by atoms with Gasteiger partial charge in [-0.3, -0.25) is 14.8 Å². The van der Waals surface area contributed by atoms with Crippen LogP contribution < -0.4 is 4.74 Å². The lowest BCUT2D eigenvalue weighted by atomic mass is 9.68.